The quantitative estimate of drug-likeness (QED) is 0.518. The van der Waals surface area contributed by atoms with Gasteiger partial charge in [-0.05, 0) is 48.5 Å². The van der Waals surface area contributed by atoms with Crippen molar-refractivity contribution in [2.24, 2.45) is 11.7 Å². The fraction of sp³-hybridized carbons (Fsp3) is 0.400. The van der Waals surface area contributed by atoms with E-state index in [0.29, 0.717) is 24.0 Å². The van der Waals surface area contributed by atoms with Gasteiger partial charge in [-0.15, -0.1) is 0 Å². The highest BCUT2D eigenvalue weighted by Crippen LogP contribution is 2.30. The van der Waals surface area contributed by atoms with Gasteiger partial charge in [-0.3, -0.25) is 19.3 Å². The molecule has 8 nitrogen and oxygen atoms in total. The van der Waals surface area contributed by atoms with Crippen LogP contribution in [0.4, 0.5) is 15.8 Å². The molecule has 0 unspecified atom stereocenters. The van der Waals surface area contributed by atoms with E-state index in [1.54, 1.807) is 6.92 Å². The van der Waals surface area contributed by atoms with Gasteiger partial charge in [-0.25, -0.2) is 4.39 Å². The molecule has 168 valence electrons. The lowest BCUT2D eigenvalue weighted by Gasteiger charge is -2.30. The Morgan fingerprint density at radius 2 is 2.00 bits per heavy atom. The summed E-state index contributed by atoms with van der Waals surface area (Å²) in [5.41, 5.74) is 11.0. The van der Waals surface area contributed by atoms with Crippen molar-refractivity contribution in [2.75, 3.05) is 17.2 Å². The number of primary amides is 1. The molecule has 31 heavy (non-hydrogen) atoms. The molecule has 0 fully saturated rings. The van der Waals surface area contributed by atoms with Gasteiger partial charge in [0, 0.05) is 12.2 Å². The molecule has 0 saturated carbocycles. The van der Waals surface area contributed by atoms with Crippen molar-refractivity contribution in [1.29, 1.82) is 0 Å². The number of nitrogens with one attached hydrogen (secondary N) is 1. The number of hydrogen-bond donors (Lipinski definition) is 3. The molecule has 0 aliphatic rings. The standard InChI is InChI=1S/C20H25ClFN5O3S/c1-4-14(19(29)25-8-7-10(2)3)27(11-5-6-13(22)12(21)9-11)20(30)17-15(23)16(18(24)28)26-31-17/h5-6,9-10,14H,4,7-8,23H2,1-3H3,(H2,24,28)(H,25,29)/t14-/m1/s1. The lowest BCUT2D eigenvalue weighted by atomic mass is 10.1. The molecular formula is C20H25ClFN5O3S. The lowest BCUT2D eigenvalue weighted by molar-refractivity contribution is -0.122. The van der Waals surface area contributed by atoms with Crippen LogP contribution in [0.25, 0.3) is 0 Å². The highest BCUT2D eigenvalue weighted by Gasteiger charge is 2.34. The summed E-state index contributed by atoms with van der Waals surface area (Å²) in [6, 6.07) is 2.77. The molecule has 0 aliphatic heterocycles. The minimum Gasteiger partial charge on any atom is -0.395 e. The molecular weight excluding hydrogens is 445 g/mol. The van der Waals surface area contributed by atoms with E-state index in [2.05, 4.69) is 9.69 Å². The zero-order chi connectivity index (χ0) is 23.3. The summed E-state index contributed by atoms with van der Waals surface area (Å²) in [6.45, 7) is 6.24. The Morgan fingerprint density at radius 1 is 1.32 bits per heavy atom. The van der Waals surface area contributed by atoms with Crippen molar-refractivity contribution >= 4 is 52.2 Å². The fourth-order valence-electron chi connectivity index (χ4n) is 2.90. The number of carbonyl (C=O) groups is 3. The number of amides is 3. The van der Waals surface area contributed by atoms with Gasteiger partial charge in [0.1, 0.15) is 16.7 Å². The van der Waals surface area contributed by atoms with Gasteiger partial charge in [0.05, 0.1) is 10.7 Å². The molecule has 2 aromatic rings. The fourth-order valence-corrected chi connectivity index (χ4v) is 3.82. The molecule has 1 aromatic heterocycles. The number of anilines is 2. The van der Waals surface area contributed by atoms with E-state index >= 15 is 0 Å². The van der Waals surface area contributed by atoms with Crippen LogP contribution in [0.5, 0.6) is 0 Å². The second-order valence-corrected chi connectivity index (χ2v) is 8.49. The Hall–Kier alpha value is -2.72. The zero-order valence-corrected chi connectivity index (χ0v) is 19.0. The predicted octanol–water partition coefficient (Wildman–Crippen LogP) is 3.20. The predicted molar refractivity (Wildman–Crippen MR) is 120 cm³/mol. The molecule has 1 atom stereocenters. The number of nitrogens with zero attached hydrogens (tertiary/aromatic N) is 2. The van der Waals surface area contributed by atoms with Crippen LogP contribution in [0.1, 0.15) is 53.8 Å². The van der Waals surface area contributed by atoms with Crippen LogP contribution in [0.2, 0.25) is 5.02 Å². The SMILES string of the molecule is CC[C@H](C(=O)NCCC(C)C)N(C(=O)c1snc(C(N)=O)c1N)c1ccc(F)c(Cl)c1. The van der Waals surface area contributed by atoms with Crippen LogP contribution in [0.15, 0.2) is 18.2 Å². The van der Waals surface area contributed by atoms with E-state index in [-0.39, 0.29) is 39.3 Å². The van der Waals surface area contributed by atoms with Crippen LogP contribution < -0.4 is 21.7 Å². The van der Waals surface area contributed by atoms with Crippen molar-refractivity contribution in [3.8, 4) is 0 Å². The molecule has 0 aliphatic carbocycles. The summed E-state index contributed by atoms with van der Waals surface area (Å²) in [6.07, 6.45) is 1.03. The van der Waals surface area contributed by atoms with Gasteiger partial charge >= 0.3 is 0 Å². The molecule has 2 rings (SSSR count). The van der Waals surface area contributed by atoms with Crippen molar-refractivity contribution in [2.45, 2.75) is 39.7 Å². The molecule has 0 spiro atoms. The Morgan fingerprint density at radius 3 is 2.52 bits per heavy atom. The number of nitrogens with two attached hydrogens (primary N) is 2. The molecule has 11 heteroatoms. The number of carbonyl (C=O) groups excluding carboxylic acids is 3. The van der Waals surface area contributed by atoms with Crippen LogP contribution in [0.3, 0.4) is 0 Å². The maximum Gasteiger partial charge on any atom is 0.272 e. The van der Waals surface area contributed by atoms with Crippen molar-refractivity contribution in [1.82, 2.24) is 9.69 Å². The normalized spacial score (nSPS) is 11.9. The smallest absolute Gasteiger partial charge is 0.272 e. The molecule has 0 bridgehead atoms. The summed E-state index contributed by atoms with van der Waals surface area (Å²) in [5.74, 6) is -2.20. The van der Waals surface area contributed by atoms with Gasteiger partial charge < -0.3 is 16.8 Å². The number of aromatic nitrogens is 1. The van der Waals surface area contributed by atoms with Gasteiger partial charge in [0.2, 0.25) is 5.91 Å². The molecule has 1 heterocycles. The average molecular weight is 470 g/mol. The summed E-state index contributed by atoms with van der Waals surface area (Å²) < 4.78 is 17.6. The third-order valence-electron chi connectivity index (χ3n) is 4.58. The van der Waals surface area contributed by atoms with Crippen molar-refractivity contribution in [3.63, 3.8) is 0 Å². The second kappa shape index (κ2) is 10.5. The lowest BCUT2D eigenvalue weighted by Crippen LogP contribution is -2.50. The van der Waals surface area contributed by atoms with Gasteiger partial charge in [0.25, 0.3) is 11.8 Å². The first-order valence-electron chi connectivity index (χ1n) is 9.69. The first kappa shape index (κ1) is 24.5. The molecule has 0 radical (unpaired) electrons. The minimum atomic E-state index is -0.931. The number of benzene rings is 1. The van der Waals surface area contributed by atoms with E-state index < -0.39 is 23.7 Å². The number of hydrogen-bond acceptors (Lipinski definition) is 6. The highest BCUT2D eigenvalue weighted by molar-refractivity contribution is 7.09. The molecule has 5 N–H and O–H groups in total. The summed E-state index contributed by atoms with van der Waals surface area (Å²) in [5, 5.41) is 2.62. The minimum absolute atomic E-state index is 0.0531. The van der Waals surface area contributed by atoms with Gasteiger partial charge in [0.15, 0.2) is 5.69 Å². The van der Waals surface area contributed by atoms with Gasteiger partial charge in [-0.2, -0.15) is 4.37 Å². The average Bonchev–Trinajstić information content (AvgIpc) is 3.09. The van der Waals surface area contributed by atoms with Crippen LogP contribution in [0, 0.1) is 11.7 Å². The Labute approximate surface area is 188 Å². The number of halogens is 2. The topological polar surface area (TPSA) is 131 Å². The number of rotatable bonds is 9. The first-order chi connectivity index (χ1) is 14.6. The Balaban J connectivity index is 2.49. The number of nitrogen functional groups attached to an aromatic ring is 1. The van der Waals surface area contributed by atoms with Crippen LogP contribution in [-0.4, -0.2) is 34.7 Å². The third kappa shape index (κ3) is 5.71. The molecule has 1 aromatic carbocycles. The van der Waals surface area contributed by atoms with E-state index in [1.807, 2.05) is 13.8 Å². The first-order valence-corrected chi connectivity index (χ1v) is 10.8. The zero-order valence-electron chi connectivity index (χ0n) is 17.4. The maximum atomic E-state index is 13.7. The Bertz CT molecular complexity index is 982. The maximum absolute atomic E-state index is 13.7. The third-order valence-corrected chi connectivity index (χ3v) is 5.72. The van der Waals surface area contributed by atoms with Crippen molar-refractivity contribution < 1.29 is 18.8 Å². The molecule has 3 amide bonds. The monoisotopic (exact) mass is 469 g/mol. The van der Waals surface area contributed by atoms with E-state index in [4.69, 9.17) is 23.1 Å². The summed E-state index contributed by atoms with van der Waals surface area (Å²) in [4.78, 5) is 39.0. The van der Waals surface area contributed by atoms with E-state index in [1.165, 1.54) is 17.0 Å². The summed E-state index contributed by atoms with van der Waals surface area (Å²) >= 11 is 6.62. The van der Waals surface area contributed by atoms with Crippen LogP contribution >= 0.6 is 23.1 Å². The highest BCUT2D eigenvalue weighted by atomic mass is 35.5. The largest absolute Gasteiger partial charge is 0.395 e. The van der Waals surface area contributed by atoms with Gasteiger partial charge in [-0.1, -0.05) is 32.4 Å². The van der Waals surface area contributed by atoms with E-state index in [9.17, 15) is 18.8 Å². The second-order valence-electron chi connectivity index (χ2n) is 7.31. The summed E-state index contributed by atoms with van der Waals surface area (Å²) in [7, 11) is 0. The van der Waals surface area contributed by atoms with Crippen molar-refractivity contribution in [3.05, 3.63) is 39.6 Å². The Kier molecular flexibility index (Phi) is 8.35. The molecule has 0 saturated heterocycles. The van der Waals surface area contributed by atoms with E-state index in [0.717, 1.165) is 12.5 Å². The van der Waals surface area contributed by atoms with Crippen LogP contribution in [-0.2, 0) is 4.79 Å².